The van der Waals surface area contributed by atoms with E-state index in [1.807, 2.05) is 0 Å². The number of aliphatic hydroxyl groups excluding tert-OH is 1. The first-order valence-corrected chi connectivity index (χ1v) is 6.06. The molecule has 1 atom stereocenters. The van der Waals surface area contributed by atoms with Gasteiger partial charge in [0.05, 0.1) is 18.2 Å². The molecule has 0 amide bonds. The molecule has 2 aromatic carbocycles. The number of halogens is 3. The standard InChI is InChI=1S/C15H14F3NO/c16-15(17,18)13-4-2-1-3-12(13)10-5-7-11(8-6-10)14(19)9-20/h1-8,14,20H,9,19H2/t14-/m1/s1. The Kier molecular flexibility index (Phi) is 4.11. The fourth-order valence-corrected chi connectivity index (χ4v) is 2.00. The lowest BCUT2D eigenvalue weighted by molar-refractivity contribution is -0.137. The minimum Gasteiger partial charge on any atom is -0.394 e. The maximum atomic E-state index is 12.9. The van der Waals surface area contributed by atoms with Crippen LogP contribution in [-0.4, -0.2) is 11.7 Å². The predicted octanol–water partition coefficient (Wildman–Crippen LogP) is 3.36. The summed E-state index contributed by atoms with van der Waals surface area (Å²) in [5, 5.41) is 8.95. The van der Waals surface area contributed by atoms with Crippen LogP contribution in [0.2, 0.25) is 0 Å². The van der Waals surface area contributed by atoms with Crippen LogP contribution in [0.25, 0.3) is 11.1 Å². The molecule has 3 N–H and O–H groups in total. The van der Waals surface area contributed by atoms with Gasteiger partial charge in [-0.3, -0.25) is 0 Å². The topological polar surface area (TPSA) is 46.2 Å². The van der Waals surface area contributed by atoms with E-state index in [0.717, 1.165) is 6.07 Å². The van der Waals surface area contributed by atoms with Crippen LogP contribution < -0.4 is 5.73 Å². The molecule has 2 nitrogen and oxygen atoms in total. The normalized spacial score (nSPS) is 13.2. The van der Waals surface area contributed by atoms with E-state index in [1.54, 1.807) is 30.3 Å². The first kappa shape index (κ1) is 14.6. The van der Waals surface area contributed by atoms with Crippen LogP contribution >= 0.6 is 0 Å². The first-order chi connectivity index (χ1) is 9.43. The summed E-state index contributed by atoms with van der Waals surface area (Å²) in [6, 6.07) is 11.3. The van der Waals surface area contributed by atoms with Crippen molar-refractivity contribution >= 4 is 0 Å². The van der Waals surface area contributed by atoms with Gasteiger partial charge in [-0.25, -0.2) is 0 Å². The maximum Gasteiger partial charge on any atom is 0.417 e. The Labute approximate surface area is 114 Å². The number of aliphatic hydroxyl groups is 1. The molecule has 0 aliphatic rings. The second-order valence-electron chi connectivity index (χ2n) is 4.45. The molecule has 0 saturated heterocycles. The van der Waals surface area contributed by atoms with Gasteiger partial charge in [-0.15, -0.1) is 0 Å². The molecular formula is C15H14F3NO. The molecule has 0 fully saturated rings. The summed E-state index contributed by atoms with van der Waals surface area (Å²) in [7, 11) is 0. The van der Waals surface area contributed by atoms with E-state index in [2.05, 4.69) is 0 Å². The van der Waals surface area contributed by atoms with Crippen molar-refractivity contribution in [2.45, 2.75) is 12.2 Å². The van der Waals surface area contributed by atoms with Gasteiger partial charge in [-0.05, 0) is 22.8 Å². The lowest BCUT2D eigenvalue weighted by Gasteiger charge is -2.14. The summed E-state index contributed by atoms with van der Waals surface area (Å²) in [5.41, 5.74) is 6.26. The molecule has 0 spiro atoms. The van der Waals surface area contributed by atoms with Gasteiger partial charge in [-0.2, -0.15) is 13.2 Å². The van der Waals surface area contributed by atoms with Crippen molar-refractivity contribution in [1.29, 1.82) is 0 Å². The number of alkyl halides is 3. The van der Waals surface area contributed by atoms with Crippen molar-refractivity contribution in [2.24, 2.45) is 5.73 Å². The van der Waals surface area contributed by atoms with Gasteiger partial charge in [0.15, 0.2) is 0 Å². The highest BCUT2D eigenvalue weighted by Crippen LogP contribution is 2.36. The van der Waals surface area contributed by atoms with E-state index in [9.17, 15) is 13.2 Å². The monoisotopic (exact) mass is 281 g/mol. The van der Waals surface area contributed by atoms with Crippen molar-refractivity contribution in [3.63, 3.8) is 0 Å². The summed E-state index contributed by atoms with van der Waals surface area (Å²) >= 11 is 0. The second kappa shape index (κ2) is 5.64. The van der Waals surface area contributed by atoms with Crippen LogP contribution in [0, 0.1) is 0 Å². The van der Waals surface area contributed by atoms with Crippen LogP contribution in [0.1, 0.15) is 17.2 Å². The van der Waals surface area contributed by atoms with Crippen LogP contribution in [0.5, 0.6) is 0 Å². The molecular weight excluding hydrogens is 267 g/mol. The molecule has 0 aromatic heterocycles. The van der Waals surface area contributed by atoms with Gasteiger partial charge >= 0.3 is 6.18 Å². The van der Waals surface area contributed by atoms with Gasteiger partial charge in [0, 0.05) is 0 Å². The number of rotatable bonds is 3. The average Bonchev–Trinajstić information content (AvgIpc) is 2.46. The van der Waals surface area contributed by atoms with Gasteiger partial charge in [0.2, 0.25) is 0 Å². The molecule has 0 aliphatic heterocycles. The van der Waals surface area contributed by atoms with Crippen LogP contribution in [0.3, 0.4) is 0 Å². The molecule has 2 rings (SSSR count). The van der Waals surface area contributed by atoms with Crippen molar-refractivity contribution in [1.82, 2.24) is 0 Å². The summed E-state index contributed by atoms with van der Waals surface area (Å²) in [6.07, 6.45) is -4.39. The number of hydrogen-bond acceptors (Lipinski definition) is 2. The first-order valence-electron chi connectivity index (χ1n) is 6.06. The fraction of sp³-hybridized carbons (Fsp3) is 0.200. The molecule has 0 heterocycles. The molecule has 0 unspecified atom stereocenters. The molecule has 106 valence electrons. The zero-order valence-electron chi connectivity index (χ0n) is 10.6. The molecule has 0 saturated carbocycles. The highest BCUT2D eigenvalue weighted by atomic mass is 19.4. The fourth-order valence-electron chi connectivity index (χ4n) is 2.00. The molecule has 5 heteroatoms. The molecule has 0 radical (unpaired) electrons. The van der Waals surface area contributed by atoms with Crippen molar-refractivity contribution < 1.29 is 18.3 Å². The lowest BCUT2D eigenvalue weighted by atomic mass is 9.97. The van der Waals surface area contributed by atoms with E-state index in [4.69, 9.17) is 10.8 Å². The number of hydrogen-bond donors (Lipinski definition) is 2. The third kappa shape index (κ3) is 3.00. The Balaban J connectivity index is 2.42. The van der Waals surface area contributed by atoms with Gasteiger partial charge in [-0.1, -0.05) is 42.5 Å². The van der Waals surface area contributed by atoms with Crippen LogP contribution in [-0.2, 0) is 6.18 Å². The maximum absolute atomic E-state index is 12.9. The van der Waals surface area contributed by atoms with Crippen LogP contribution in [0.15, 0.2) is 48.5 Å². The Hall–Kier alpha value is -1.85. The third-order valence-corrected chi connectivity index (χ3v) is 3.08. The van der Waals surface area contributed by atoms with Crippen molar-refractivity contribution in [2.75, 3.05) is 6.61 Å². The number of benzene rings is 2. The molecule has 0 aliphatic carbocycles. The van der Waals surface area contributed by atoms with Crippen molar-refractivity contribution in [3.8, 4) is 11.1 Å². The van der Waals surface area contributed by atoms with E-state index in [0.29, 0.717) is 11.1 Å². The molecule has 20 heavy (non-hydrogen) atoms. The zero-order chi connectivity index (χ0) is 14.8. The third-order valence-electron chi connectivity index (χ3n) is 3.08. The quantitative estimate of drug-likeness (QED) is 0.906. The molecule has 2 aromatic rings. The average molecular weight is 281 g/mol. The van der Waals surface area contributed by atoms with Crippen molar-refractivity contribution in [3.05, 3.63) is 59.7 Å². The highest BCUT2D eigenvalue weighted by molar-refractivity contribution is 5.68. The van der Waals surface area contributed by atoms with Crippen LogP contribution in [0.4, 0.5) is 13.2 Å². The van der Waals surface area contributed by atoms with Gasteiger partial charge < -0.3 is 10.8 Å². The zero-order valence-corrected chi connectivity index (χ0v) is 10.6. The summed E-state index contributed by atoms with van der Waals surface area (Å²) in [6.45, 7) is -0.210. The van der Waals surface area contributed by atoms with E-state index >= 15 is 0 Å². The summed E-state index contributed by atoms with van der Waals surface area (Å²) in [4.78, 5) is 0. The predicted molar refractivity (Wildman–Crippen MR) is 70.9 cm³/mol. The Bertz CT molecular complexity index is 578. The van der Waals surface area contributed by atoms with E-state index < -0.39 is 17.8 Å². The van der Waals surface area contributed by atoms with Gasteiger partial charge in [0.1, 0.15) is 0 Å². The lowest BCUT2D eigenvalue weighted by Crippen LogP contribution is -2.14. The largest absolute Gasteiger partial charge is 0.417 e. The van der Waals surface area contributed by atoms with E-state index in [1.165, 1.54) is 12.1 Å². The Morgan fingerprint density at radius 3 is 2.15 bits per heavy atom. The summed E-state index contributed by atoms with van der Waals surface area (Å²) in [5.74, 6) is 0. The van der Waals surface area contributed by atoms with Gasteiger partial charge in [0.25, 0.3) is 0 Å². The minimum atomic E-state index is -4.39. The minimum absolute atomic E-state index is 0.129. The molecule has 0 bridgehead atoms. The summed E-state index contributed by atoms with van der Waals surface area (Å²) < 4.78 is 38.8. The smallest absolute Gasteiger partial charge is 0.394 e. The number of nitrogens with two attached hydrogens (primary N) is 1. The highest BCUT2D eigenvalue weighted by Gasteiger charge is 2.33. The second-order valence-corrected chi connectivity index (χ2v) is 4.45. The Morgan fingerprint density at radius 2 is 1.60 bits per heavy atom. The SMILES string of the molecule is N[C@H](CO)c1ccc(-c2ccccc2C(F)(F)F)cc1. The van der Waals surface area contributed by atoms with E-state index in [-0.39, 0.29) is 12.2 Å². The Morgan fingerprint density at radius 1 is 1.00 bits per heavy atom.